The minimum Gasteiger partial charge on any atom is -0.454 e. The molecule has 100 valence electrons. The monoisotopic (exact) mass is 268 g/mol. The van der Waals surface area contributed by atoms with E-state index in [9.17, 15) is 8.78 Å². The van der Waals surface area contributed by atoms with Crippen molar-refractivity contribution in [2.24, 2.45) is 0 Å². The Bertz CT molecular complexity index is 634. The van der Waals surface area contributed by atoms with Crippen LogP contribution in [0.15, 0.2) is 22.7 Å². The molecule has 0 atom stereocenters. The molecule has 0 amide bonds. The zero-order valence-corrected chi connectivity index (χ0v) is 9.94. The molecule has 0 saturated heterocycles. The van der Waals surface area contributed by atoms with Crippen LogP contribution in [0.5, 0.6) is 11.5 Å². The van der Waals surface area contributed by atoms with Crippen LogP contribution in [-0.2, 0) is 5.92 Å². The first-order chi connectivity index (χ1) is 8.95. The fourth-order valence-corrected chi connectivity index (χ4v) is 1.92. The lowest BCUT2D eigenvalue weighted by molar-refractivity contribution is 0.0177. The van der Waals surface area contributed by atoms with E-state index in [1.54, 1.807) is 0 Å². The Kier molecular flexibility index (Phi) is 2.38. The third kappa shape index (κ3) is 1.96. The highest BCUT2D eigenvalue weighted by atomic mass is 19.3. The van der Waals surface area contributed by atoms with Crippen molar-refractivity contribution in [2.75, 3.05) is 12.5 Å². The van der Waals surface area contributed by atoms with Gasteiger partial charge in [-0.3, -0.25) is 0 Å². The third-order valence-electron chi connectivity index (χ3n) is 2.78. The number of nitrogens with zero attached hydrogens (tertiary/aromatic N) is 1. The lowest BCUT2D eigenvalue weighted by Crippen LogP contribution is -2.08. The van der Waals surface area contributed by atoms with Crippen molar-refractivity contribution < 1.29 is 22.8 Å². The molecule has 1 aliphatic heterocycles. The van der Waals surface area contributed by atoms with E-state index in [1.807, 2.05) is 0 Å². The highest BCUT2D eigenvalue weighted by Crippen LogP contribution is 2.44. The molecule has 0 saturated carbocycles. The van der Waals surface area contributed by atoms with Gasteiger partial charge in [-0.1, -0.05) is 5.16 Å². The fraction of sp³-hybridized carbons (Fsp3) is 0.250. The van der Waals surface area contributed by atoms with Gasteiger partial charge in [0.15, 0.2) is 23.1 Å². The number of alkyl halides is 2. The summed E-state index contributed by atoms with van der Waals surface area (Å²) in [6.07, 6.45) is 0. The molecule has 2 aromatic rings. The molecule has 0 fully saturated rings. The van der Waals surface area contributed by atoms with Crippen molar-refractivity contribution in [3.63, 3.8) is 0 Å². The number of nitrogens with two attached hydrogens (primary N) is 1. The Morgan fingerprint density at radius 3 is 2.47 bits per heavy atom. The molecule has 2 N–H and O–H groups in total. The predicted molar refractivity (Wildman–Crippen MR) is 62.0 cm³/mol. The number of hydrogen-bond donors (Lipinski definition) is 1. The number of nitrogen functional groups attached to an aromatic ring is 1. The van der Waals surface area contributed by atoms with Gasteiger partial charge in [-0.25, -0.2) is 8.78 Å². The molecule has 1 aliphatic rings. The lowest BCUT2D eigenvalue weighted by Gasteiger charge is -2.15. The number of rotatable bonds is 2. The van der Waals surface area contributed by atoms with Crippen LogP contribution in [0.2, 0.25) is 0 Å². The Balaban J connectivity index is 2.22. The molecule has 5 nitrogen and oxygen atoms in total. The van der Waals surface area contributed by atoms with Crippen molar-refractivity contribution in [3.8, 4) is 22.8 Å². The van der Waals surface area contributed by atoms with E-state index in [0.29, 0.717) is 5.75 Å². The number of hydrogen-bond acceptors (Lipinski definition) is 5. The van der Waals surface area contributed by atoms with E-state index in [2.05, 4.69) is 5.16 Å². The molecule has 0 aliphatic carbocycles. The summed E-state index contributed by atoms with van der Waals surface area (Å²) in [6.45, 7) is 0.805. The van der Waals surface area contributed by atoms with Crippen molar-refractivity contribution in [3.05, 3.63) is 23.8 Å². The highest BCUT2D eigenvalue weighted by Gasteiger charge is 2.32. The summed E-state index contributed by atoms with van der Waals surface area (Å²) >= 11 is 0. The summed E-state index contributed by atoms with van der Waals surface area (Å²) in [5.41, 5.74) is 5.39. The van der Waals surface area contributed by atoms with Gasteiger partial charge in [-0.15, -0.1) is 0 Å². The summed E-state index contributed by atoms with van der Waals surface area (Å²) in [5.74, 6) is -2.10. The van der Waals surface area contributed by atoms with Crippen LogP contribution in [-0.4, -0.2) is 11.9 Å². The molecule has 0 unspecified atom stereocenters. The van der Waals surface area contributed by atoms with E-state index >= 15 is 0 Å². The van der Waals surface area contributed by atoms with Crippen molar-refractivity contribution in [1.82, 2.24) is 5.16 Å². The second-order valence-corrected chi connectivity index (χ2v) is 4.26. The van der Waals surface area contributed by atoms with E-state index in [4.69, 9.17) is 19.7 Å². The van der Waals surface area contributed by atoms with Crippen LogP contribution in [0.25, 0.3) is 11.3 Å². The number of anilines is 1. The molecule has 1 aromatic carbocycles. The number of benzene rings is 1. The minimum absolute atomic E-state index is 0.00601. The van der Waals surface area contributed by atoms with Crippen LogP contribution in [0.4, 0.5) is 14.6 Å². The van der Waals surface area contributed by atoms with E-state index < -0.39 is 5.92 Å². The Hall–Kier alpha value is -2.31. The molecule has 7 heteroatoms. The number of aromatic nitrogens is 1. The van der Waals surface area contributed by atoms with Gasteiger partial charge in [0, 0.05) is 24.1 Å². The Labute approximate surface area is 106 Å². The molecule has 2 heterocycles. The van der Waals surface area contributed by atoms with Gasteiger partial charge in [-0.05, 0) is 12.1 Å². The maximum Gasteiger partial charge on any atom is 0.271 e. The van der Waals surface area contributed by atoms with Crippen molar-refractivity contribution in [1.29, 1.82) is 0 Å². The average molecular weight is 268 g/mol. The molecular formula is C12H10F2N2O3. The first kappa shape index (κ1) is 11.8. The molecule has 1 aromatic heterocycles. The quantitative estimate of drug-likeness (QED) is 0.906. The molecule has 0 spiro atoms. The molecule has 3 rings (SSSR count). The normalized spacial score (nSPS) is 13.8. The van der Waals surface area contributed by atoms with Gasteiger partial charge < -0.3 is 19.7 Å². The second-order valence-electron chi connectivity index (χ2n) is 4.26. The molecule has 0 bridgehead atoms. The summed E-state index contributed by atoms with van der Waals surface area (Å²) in [4.78, 5) is 0. The van der Waals surface area contributed by atoms with Crippen molar-refractivity contribution in [2.45, 2.75) is 12.8 Å². The van der Waals surface area contributed by atoms with Crippen LogP contribution in [0, 0.1) is 0 Å². The zero-order valence-electron chi connectivity index (χ0n) is 9.94. The van der Waals surface area contributed by atoms with Gasteiger partial charge in [0.05, 0.1) is 0 Å². The Morgan fingerprint density at radius 1 is 1.21 bits per heavy atom. The summed E-state index contributed by atoms with van der Waals surface area (Å²) < 4.78 is 42.6. The predicted octanol–water partition coefficient (Wildman–Crippen LogP) is 2.76. The maximum atomic E-state index is 13.7. The van der Waals surface area contributed by atoms with E-state index in [1.165, 1.54) is 18.2 Å². The molecule has 0 radical (unpaired) electrons. The highest BCUT2D eigenvalue weighted by molar-refractivity contribution is 5.70. The number of halogens is 2. The Morgan fingerprint density at radius 2 is 1.89 bits per heavy atom. The van der Waals surface area contributed by atoms with Crippen LogP contribution in [0.3, 0.4) is 0 Å². The third-order valence-corrected chi connectivity index (χ3v) is 2.78. The summed E-state index contributed by atoms with van der Waals surface area (Å²) in [6, 6.07) is 4.07. The van der Waals surface area contributed by atoms with Crippen LogP contribution in [0.1, 0.15) is 12.5 Å². The van der Waals surface area contributed by atoms with Crippen molar-refractivity contribution >= 4 is 5.82 Å². The van der Waals surface area contributed by atoms with Gasteiger partial charge in [0.2, 0.25) is 6.79 Å². The van der Waals surface area contributed by atoms with E-state index in [-0.39, 0.29) is 35.2 Å². The average Bonchev–Trinajstić information content (AvgIpc) is 2.93. The number of fused-ring (bicyclic) bond motifs is 1. The largest absolute Gasteiger partial charge is 0.454 e. The smallest absolute Gasteiger partial charge is 0.271 e. The standard InChI is InChI=1S/C12H10F2N2O3/c1-12(13,14)7-3-10-9(17-5-18-10)2-6(7)8-4-11(15)16-19-8/h2-4H,5H2,1H3,(H2,15,16). The van der Waals surface area contributed by atoms with Gasteiger partial charge in [0.1, 0.15) is 0 Å². The van der Waals surface area contributed by atoms with Gasteiger partial charge in [-0.2, -0.15) is 0 Å². The molecule has 19 heavy (non-hydrogen) atoms. The number of ether oxygens (including phenoxy) is 2. The SMILES string of the molecule is CC(F)(F)c1cc2c(cc1-c1cc(N)no1)OCO2. The fourth-order valence-electron chi connectivity index (χ4n) is 1.92. The van der Waals surface area contributed by atoms with E-state index in [0.717, 1.165) is 6.92 Å². The topological polar surface area (TPSA) is 70.5 Å². The van der Waals surface area contributed by atoms with Crippen LogP contribution >= 0.6 is 0 Å². The summed E-state index contributed by atoms with van der Waals surface area (Å²) in [7, 11) is 0. The maximum absolute atomic E-state index is 13.7. The van der Waals surface area contributed by atoms with Gasteiger partial charge in [0.25, 0.3) is 5.92 Å². The molecular weight excluding hydrogens is 258 g/mol. The second kappa shape index (κ2) is 3.84. The first-order valence-corrected chi connectivity index (χ1v) is 5.49. The first-order valence-electron chi connectivity index (χ1n) is 5.49. The minimum atomic E-state index is -3.06. The van der Waals surface area contributed by atoms with Gasteiger partial charge >= 0.3 is 0 Å². The van der Waals surface area contributed by atoms with Crippen LogP contribution < -0.4 is 15.2 Å². The summed E-state index contributed by atoms with van der Waals surface area (Å²) in [5, 5.41) is 3.50. The lowest BCUT2D eigenvalue weighted by atomic mass is 9.99. The zero-order chi connectivity index (χ0) is 13.6.